The summed E-state index contributed by atoms with van der Waals surface area (Å²) in [6.07, 6.45) is -4.38. The third kappa shape index (κ3) is 4.72. The molecule has 64 valence electrons. The van der Waals surface area contributed by atoms with E-state index in [2.05, 4.69) is 22.7 Å². The second-order valence-electron chi connectivity index (χ2n) is 1.86. The Balaban J connectivity index is 4.12. The molecule has 0 rings (SSSR count). The van der Waals surface area contributed by atoms with Crippen molar-refractivity contribution in [1.82, 2.24) is 5.43 Å². The minimum absolute atomic E-state index is 0.202. The summed E-state index contributed by atoms with van der Waals surface area (Å²) in [5, 5.41) is 3.00. The molecule has 0 aromatic heterocycles. The van der Waals surface area contributed by atoms with E-state index in [1.807, 2.05) is 0 Å². The molecule has 0 aromatic rings. The maximum absolute atomic E-state index is 11.7. The fourth-order valence-corrected chi connectivity index (χ4v) is 0.272. The molecule has 0 saturated carbocycles. The lowest BCUT2D eigenvalue weighted by Gasteiger charge is -2.04. The molecule has 0 atom stereocenters. The van der Waals surface area contributed by atoms with E-state index < -0.39 is 11.9 Å². The van der Waals surface area contributed by atoms with Crippen molar-refractivity contribution in [2.45, 2.75) is 20.0 Å². The number of hydrogen-bond acceptors (Lipinski definition) is 2. The Hall–Kier alpha value is -0.650. The molecule has 0 aromatic carbocycles. The van der Waals surface area contributed by atoms with Gasteiger partial charge in [-0.25, -0.2) is 0 Å². The Kier molecular flexibility index (Phi) is 3.44. The van der Waals surface area contributed by atoms with Crippen molar-refractivity contribution in [1.29, 1.82) is 0 Å². The minimum atomic E-state index is -4.38. The van der Waals surface area contributed by atoms with Crippen molar-refractivity contribution in [2.24, 2.45) is 5.10 Å². The van der Waals surface area contributed by atoms with Gasteiger partial charge in [0.2, 0.25) is 0 Å². The SMILES string of the molecule is CC(=S)N/N=C(\C)C(F)(F)F. The first-order valence-electron chi connectivity index (χ1n) is 2.72. The smallest absolute Gasteiger partial charge is 0.272 e. The van der Waals surface area contributed by atoms with Gasteiger partial charge in [-0.3, -0.25) is 5.43 Å². The van der Waals surface area contributed by atoms with E-state index in [4.69, 9.17) is 0 Å². The van der Waals surface area contributed by atoms with Gasteiger partial charge in [0, 0.05) is 0 Å². The van der Waals surface area contributed by atoms with Crippen molar-refractivity contribution in [3.05, 3.63) is 0 Å². The number of nitrogens with zero attached hydrogens (tertiary/aromatic N) is 1. The van der Waals surface area contributed by atoms with Crippen LogP contribution in [0.25, 0.3) is 0 Å². The van der Waals surface area contributed by atoms with Crippen molar-refractivity contribution in [2.75, 3.05) is 0 Å². The van der Waals surface area contributed by atoms with E-state index in [1.54, 1.807) is 0 Å². The van der Waals surface area contributed by atoms with E-state index in [-0.39, 0.29) is 4.99 Å². The summed E-state index contributed by atoms with van der Waals surface area (Å²) in [4.78, 5) is 0.202. The molecule has 0 aliphatic carbocycles. The molecule has 0 radical (unpaired) electrons. The summed E-state index contributed by atoms with van der Waals surface area (Å²) in [6.45, 7) is 2.31. The average molecular weight is 184 g/mol. The number of hydrogen-bond donors (Lipinski definition) is 1. The second kappa shape index (κ2) is 3.66. The van der Waals surface area contributed by atoms with Crippen LogP contribution >= 0.6 is 12.2 Å². The molecule has 1 N–H and O–H groups in total. The lowest BCUT2D eigenvalue weighted by molar-refractivity contribution is -0.0595. The molecule has 0 bridgehead atoms. The van der Waals surface area contributed by atoms with E-state index in [0.29, 0.717) is 0 Å². The Labute approximate surface area is 67.5 Å². The first kappa shape index (κ1) is 10.3. The molecule has 0 aliphatic heterocycles. The molecule has 0 aliphatic rings. The molecular weight excluding hydrogens is 177 g/mol. The third-order valence-corrected chi connectivity index (χ3v) is 0.883. The normalized spacial score (nSPS) is 13.0. The van der Waals surface area contributed by atoms with E-state index in [9.17, 15) is 13.2 Å². The van der Waals surface area contributed by atoms with Crippen LogP contribution in [0, 0.1) is 0 Å². The Morgan fingerprint density at radius 1 is 1.36 bits per heavy atom. The summed E-state index contributed by atoms with van der Waals surface area (Å²) in [5.74, 6) is 0. The monoisotopic (exact) mass is 184 g/mol. The second-order valence-corrected chi connectivity index (χ2v) is 2.48. The van der Waals surface area contributed by atoms with Crippen molar-refractivity contribution < 1.29 is 13.2 Å². The highest BCUT2D eigenvalue weighted by Gasteiger charge is 2.32. The van der Waals surface area contributed by atoms with Crippen LogP contribution in [0.15, 0.2) is 5.10 Å². The van der Waals surface area contributed by atoms with Gasteiger partial charge in [-0.1, -0.05) is 12.2 Å². The lowest BCUT2D eigenvalue weighted by atomic mass is 10.4. The summed E-state index contributed by atoms with van der Waals surface area (Å²) in [5.41, 5.74) is 1.11. The lowest BCUT2D eigenvalue weighted by Crippen LogP contribution is -2.24. The van der Waals surface area contributed by atoms with Crippen LogP contribution < -0.4 is 5.43 Å². The van der Waals surface area contributed by atoms with Gasteiger partial charge in [-0.15, -0.1) is 0 Å². The fraction of sp³-hybridized carbons (Fsp3) is 0.600. The van der Waals surface area contributed by atoms with Gasteiger partial charge in [0.1, 0.15) is 5.71 Å². The quantitative estimate of drug-likeness (QED) is 0.382. The van der Waals surface area contributed by atoms with Crippen LogP contribution in [0.4, 0.5) is 13.2 Å². The van der Waals surface area contributed by atoms with Crippen LogP contribution in [-0.2, 0) is 0 Å². The predicted octanol–water partition coefficient (Wildman–Crippen LogP) is 1.86. The predicted molar refractivity (Wildman–Crippen MR) is 40.6 cm³/mol. The molecular formula is C5H7F3N2S. The van der Waals surface area contributed by atoms with Gasteiger partial charge in [0.05, 0.1) is 4.99 Å². The third-order valence-electron chi connectivity index (χ3n) is 0.791. The first-order valence-corrected chi connectivity index (χ1v) is 3.13. The van der Waals surface area contributed by atoms with Crippen molar-refractivity contribution in [3.63, 3.8) is 0 Å². The topological polar surface area (TPSA) is 24.4 Å². The zero-order valence-corrected chi connectivity index (χ0v) is 6.81. The number of halogens is 3. The highest BCUT2D eigenvalue weighted by Crippen LogP contribution is 2.16. The fourth-order valence-electron chi connectivity index (χ4n) is 0.226. The number of hydrazone groups is 1. The Morgan fingerprint density at radius 2 is 1.82 bits per heavy atom. The van der Waals surface area contributed by atoms with Gasteiger partial charge >= 0.3 is 6.18 Å². The first-order chi connectivity index (χ1) is 4.84. The molecule has 0 fully saturated rings. The largest absolute Gasteiger partial charge is 0.430 e. The highest BCUT2D eigenvalue weighted by atomic mass is 32.1. The average Bonchev–Trinajstić information content (AvgIpc) is 1.80. The van der Waals surface area contributed by atoms with Gasteiger partial charge in [-0.2, -0.15) is 18.3 Å². The van der Waals surface area contributed by atoms with Crippen molar-refractivity contribution >= 4 is 22.9 Å². The number of rotatable bonds is 1. The van der Waals surface area contributed by atoms with Gasteiger partial charge < -0.3 is 0 Å². The number of thiocarbonyl (C=S) groups is 1. The molecule has 6 heteroatoms. The van der Waals surface area contributed by atoms with Gasteiger partial charge in [0.15, 0.2) is 0 Å². The summed E-state index contributed by atoms with van der Waals surface area (Å²) in [7, 11) is 0. The Bertz CT molecular complexity index is 185. The zero-order valence-electron chi connectivity index (χ0n) is 5.99. The number of alkyl halides is 3. The highest BCUT2D eigenvalue weighted by molar-refractivity contribution is 7.80. The molecule has 11 heavy (non-hydrogen) atoms. The Morgan fingerprint density at radius 3 is 2.09 bits per heavy atom. The van der Waals surface area contributed by atoms with Crippen LogP contribution in [0.2, 0.25) is 0 Å². The maximum Gasteiger partial charge on any atom is 0.430 e. The molecule has 2 nitrogen and oxygen atoms in total. The zero-order chi connectivity index (χ0) is 9.07. The van der Waals surface area contributed by atoms with E-state index in [0.717, 1.165) is 6.92 Å². The molecule has 0 spiro atoms. The summed E-state index contributed by atoms with van der Waals surface area (Å²) in [6, 6.07) is 0. The minimum Gasteiger partial charge on any atom is -0.272 e. The standard InChI is InChI=1S/C5H7F3N2S/c1-3(5(6,7)8)9-10-4(2)11/h1-2H3,(H,10,11)/b9-3+. The summed E-state index contributed by atoms with van der Waals surface area (Å²) >= 11 is 4.45. The number of nitrogens with one attached hydrogen (secondary N) is 1. The van der Waals surface area contributed by atoms with Crippen LogP contribution in [0.3, 0.4) is 0 Å². The summed E-state index contributed by atoms with van der Waals surface area (Å²) < 4.78 is 35.1. The molecule has 0 unspecified atom stereocenters. The van der Waals surface area contributed by atoms with E-state index >= 15 is 0 Å². The molecule has 0 heterocycles. The van der Waals surface area contributed by atoms with Gasteiger partial charge in [0.25, 0.3) is 0 Å². The van der Waals surface area contributed by atoms with Crippen LogP contribution in [0.5, 0.6) is 0 Å². The molecule has 0 amide bonds. The van der Waals surface area contributed by atoms with Crippen LogP contribution in [-0.4, -0.2) is 16.9 Å². The maximum atomic E-state index is 11.7. The van der Waals surface area contributed by atoms with Crippen LogP contribution in [0.1, 0.15) is 13.8 Å². The van der Waals surface area contributed by atoms with Crippen molar-refractivity contribution in [3.8, 4) is 0 Å². The van der Waals surface area contributed by atoms with E-state index in [1.165, 1.54) is 6.92 Å². The molecule has 0 saturated heterocycles. The van der Waals surface area contributed by atoms with Gasteiger partial charge in [-0.05, 0) is 13.8 Å².